The number of thiophene rings is 1. The van der Waals surface area contributed by atoms with E-state index < -0.39 is 0 Å². The van der Waals surface area contributed by atoms with Crippen LogP contribution in [0.3, 0.4) is 0 Å². The van der Waals surface area contributed by atoms with E-state index in [1.807, 2.05) is 11.4 Å². The van der Waals surface area contributed by atoms with Crippen molar-refractivity contribution in [3.63, 3.8) is 0 Å². The fourth-order valence-corrected chi connectivity index (χ4v) is 2.91. The average Bonchev–Trinajstić information content (AvgIpc) is 2.66. The van der Waals surface area contributed by atoms with Gasteiger partial charge in [-0.3, -0.25) is 4.79 Å². The summed E-state index contributed by atoms with van der Waals surface area (Å²) in [5.41, 5.74) is 0.789. The van der Waals surface area contributed by atoms with E-state index in [0.29, 0.717) is 0 Å². The number of hydrogen-bond acceptors (Lipinski definition) is 4. The van der Waals surface area contributed by atoms with Crippen LogP contribution in [0.25, 0.3) is 10.2 Å². The second kappa shape index (κ2) is 4.81. The third-order valence-electron chi connectivity index (χ3n) is 2.03. The zero-order valence-corrected chi connectivity index (χ0v) is 10.1. The van der Waals surface area contributed by atoms with Crippen molar-refractivity contribution in [1.29, 1.82) is 0 Å². The minimum atomic E-state index is -0.0194. The first-order valence-electron chi connectivity index (χ1n) is 4.91. The van der Waals surface area contributed by atoms with Gasteiger partial charge in [-0.2, -0.15) is 0 Å². The van der Waals surface area contributed by atoms with Crippen molar-refractivity contribution in [2.24, 2.45) is 0 Å². The third-order valence-corrected chi connectivity index (χ3v) is 3.89. The first-order chi connectivity index (χ1) is 7.31. The number of fused-ring (bicyclic) bond motifs is 1. The van der Waals surface area contributed by atoms with Gasteiger partial charge in [-0.15, -0.1) is 11.3 Å². The summed E-state index contributed by atoms with van der Waals surface area (Å²) in [4.78, 5) is 18.8. The minimum absolute atomic E-state index is 0.0194. The quantitative estimate of drug-likeness (QED) is 0.508. The van der Waals surface area contributed by atoms with Crippen molar-refractivity contribution in [2.75, 3.05) is 5.75 Å². The molecular formula is C10H12N2OS2. The van der Waals surface area contributed by atoms with E-state index in [9.17, 15) is 4.79 Å². The number of hydrogen-bond donors (Lipinski definition) is 1. The molecular weight excluding hydrogens is 228 g/mol. The van der Waals surface area contributed by atoms with E-state index in [0.717, 1.165) is 34.0 Å². The summed E-state index contributed by atoms with van der Waals surface area (Å²) < 4.78 is 0.717. The second-order valence-electron chi connectivity index (χ2n) is 3.21. The van der Waals surface area contributed by atoms with Crippen LogP contribution in [0.1, 0.15) is 19.8 Å². The maximum atomic E-state index is 11.6. The molecule has 0 unspecified atom stereocenters. The van der Waals surface area contributed by atoms with Crippen molar-refractivity contribution in [3.8, 4) is 0 Å². The molecule has 3 nitrogen and oxygen atoms in total. The first kappa shape index (κ1) is 10.7. The van der Waals surface area contributed by atoms with Crippen LogP contribution < -0.4 is 5.56 Å². The van der Waals surface area contributed by atoms with Crippen molar-refractivity contribution in [2.45, 2.75) is 24.9 Å². The molecule has 0 spiro atoms. The number of rotatable bonds is 4. The third kappa shape index (κ3) is 2.41. The molecule has 1 N–H and O–H groups in total. The number of thioether (sulfide) groups is 1. The smallest absolute Gasteiger partial charge is 0.269 e. The fraction of sp³-hybridized carbons (Fsp3) is 0.400. The van der Waals surface area contributed by atoms with Gasteiger partial charge in [-0.25, -0.2) is 4.98 Å². The Morgan fingerprint density at radius 3 is 3.27 bits per heavy atom. The van der Waals surface area contributed by atoms with Crippen LogP contribution in [-0.4, -0.2) is 15.7 Å². The highest BCUT2D eigenvalue weighted by Crippen LogP contribution is 2.18. The summed E-state index contributed by atoms with van der Waals surface area (Å²) in [5.74, 6) is 1.01. The van der Waals surface area contributed by atoms with E-state index in [2.05, 4.69) is 16.9 Å². The Hall–Kier alpha value is -0.810. The number of aromatic amines is 1. The maximum Gasteiger partial charge on any atom is 0.269 e. The molecule has 80 valence electrons. The summed E-state index contributed by atoms with van der Waals surface area (Å²) >= 11 is 3.05. The van der Waals surface area contributed by atoms with Gasteiger partial charge >= 0.3 is 0 Å². The lowest BCUT2D eigenvalue weighted by Gasteiger charge is -1.99. The summed E-state index contributed by atoms with van der Waals surface area (Å²) in [7, 11) is 0. The van der Waals surface area contributed by atoms with E-state index in [1.54, 1.807) is 11.8 Å². The normalized spacial score (nSPS) is 11.0. The maximum absolute atomic E-state index is 11.6. The van der Waals surface area contributed by atoms with Crippen LogP contribution >= 0.6 is 23.1 Å². The van der Waals surface area contributed by atoms with Gasteiger partial charge in [0.25, 0.3) is 5.56 Å². The predicted octanol–water partition coefficient (Wildman–Crippen LogP) is 2.88. The Morgan fingerprint density at radius 2 is 2.47 bits per heavy atom. The Kier molecular flexibility index (Phi) is 3.43. The van der Waals surface area contributed by atoms with Gasteiger partial charge in [0.1, 0.15) is 4.70 Å². The number of nitrogens with zero attached hydrogens (tertiary/aromatic N) is 1. The zero-order chi connectivity index (χ0) is 10.7. The molecule has 2 rings (SSSR count). The minimum Gasteiger partial charge on any atom is -0.300 e. The molecule has 0 aromatic carbocycles. The molecule has 0 aliphatic carbocycles. The highest BCUT2D eigenvalue weighted by Gasteiger charge is 2.04. The number of aromatic nitrogens is 2. The fourth-order valence-electron chi connectivity index (χ4n) is 1.23. The number of H-pyrrole nitrogens is 1. The number of nitrogens with one attached hydrogen (secondary N) is 1. The van der Waals surface area contributed by atoms with Crippen LogP contribution in [-0.2, 0) is 0 Å². The summed E-state index contributed by atoms with van der Waals surface area (Å²) in [6, 6.07) is 1.89. The molecule has 5 heteroatoms. The molecule has 0 saturated heterocycles. The van der Waals surface area contributed by atoms with Crippen molar-refractivity contribution < 1.29 is 0 Å². The Morgan fingerprint density at radius 1 is 1.60 bits per heavy atom. The zero-order valence-electron chi connectivity index (χ0n) is 8.45. The number of unbranched alkanes of at least 4 members (excludes halogenated alkanes) is 1. The Bertz CT molecular complexity index is 503. The van der Waals surface area contributed by atoms with Crippen molar-refractivity contribution in [3.05, 3.63) is 21.8 Å². The molecule has 2 aromatic heterocycles. The second-order valence-corrected chi connectivity index (χ2v) is 5.21. The lowest BCUT2D eigenvalue weighted by atomic mass is 10.4. The van der Waals surface area contributed by atoms with Crippen LogP contribution in [0.2, 0.25) is 0 Å². The SMILES string of the molecule is CCCCSc1nc2ccsc2c(=O)[nH]1. The molecule has 0 bridgehead atoms. The van der Waals surface area contributed by atoms with Crippen LogP contribution in [0.5, 0.6) is 0 Å². The molecule has 0 amide bonds. The van der Waals surface area contributed by atoms with E-state index >= 15 is 0 Å². The molecule has 0 aliphatic heterocycles. The standard InChI is InChI=1S/C10H12N2OS2/c1-2-3-5-15-10-11-7-4-6-14-8(7)9(13)12-10/h4,6H,2-3,5H2,1H3,(H,11,12,13). The summed E-state index contributed by atoms with van der Waals surface area (Å²) in [5, 5.41) is 2.63. The lowest BCUT2D eigenvalue weighted by molar-refractivity contribution is 0.889. The van der Waals surface area contributed by atoms with E-state index in [1.165, 1.54) is 11.3 Å². The summed E-state index contributed by atoms with van der Waals surface area (Å²) in [6.45, 7) is 2.15. The van der Waals surface area contributed by atoms with Gasteiger partial charge in [0.15, 0.2) is 5.16 Å². The van der Waals surface area contributed by atoms with Crippen molar-refractivity contribution >= 4 is 33.3 Å². The first-order valence-corrected chi connectivity index (χ1v) is 6.78. The molecule has 0 atom stereocenters. The Balaban J connectivity index is 2.25. The monoisotopic (exact) mass is 240 g/mol. The largest absolute Gasteiger partial charge is 0.300 e. The van der Waals surface area contributed by atoms with Crippen molar-refractivity contribution in [1.82, 2.24) is 9.97 Å². The van der Waals surface area contributed by atoms with Gasteiger partial charge in [0.2, 0.25) is 0 Å². The van der Waals surface area contributed by atoms with Gasteiger partial charge in [-0.05, 0) is 17.9 Å². The van der Waals surface area contributed by atoms with E-state index in [-0.39, 0.29) is 5.56 Å². The molecule has 0 aliphatic rings. The van der Waals surface area contributed by atoms with Crippen LogP contribution in [0.15, 0.2) is 21.4 Å². The molecule has 0 fully saturated rings. The topological polar surface area (TPSA) is 45.8 Å². The summed E-state index contributed by atoms with van der Waals surface area (Å²) in [6.07, 6.45) is 2.31. The van der Waals surface area contributed by atoms with Gasteiger partial charge in [0.05, 0.1) is 5.52 Å². The highest BCUT2D eigenvalue weighted by atomic mass is 32.2. The van der Waals surface area contributed by atoms with Crippen LogP contribution in [0.4, 0.5) is 0 Å². The molecule has 15 heavy (non-hydrogen) atoms. The Labute approximate surface area is 95.9 Å². The molecule has 2 heterocycles. The molecule has 0 saturated carbocycles. The average molecular weight is 240 g/mol. The highest BCUT2D eigenvalue weighted by molar-refractivity contribution is 7.99. The molecule has 2 aromatic rings. The van der Waals surface area contributed by atoms with Gasteiger partial charge in [0, 0.05) is 5.75 Å². The predicted molar refractivity (Wildman–Crippen MR) is 65.9 cm³/mol. The van der Waals surface area contributed by atoms with Crippen LogP contribution in [0, 0.1) is 0 Å². The van der Waals surface area contributed by atoms with E-state index in [4.69, 9.17) is 0 Å². The molecule has 0 radical (unpaired) electrons. The van der Waals surface area contributed by atoms with Gasteiger partial charge in [-0.1, -0.05) is 25.1 Å². The lowest BCUT2D eigenvalue weighted by Crippen LogP contribution is -2.07. The van der Waals surface area contributed by atoms with Gasteiger partial charge < -0.3 is 4.98 Å².